The molecule has 2 unspecified atom stereocenters. The van der Waals surface area contributed by atoms with Crippen molar-refractivity contribution in [3.05, 3.63) is 36.3 Å². The molecule has 0 spiro atoms. The molecule has 108 valence electrons. The zero-order valence-corrected chi connectivity index (χ0v) is 12.1. The lowest BCUT2D eigenvalue weighted by Gasteiger charge is -2.36. The molecule has 0 aromatic carbocycles. The van der Waals surface area contributed by atoms with Gasteiger partial charge >= 0.3 is 0 Å². The number of aromatic nitrogens is 2. The van der Waals surface area contributed by atoms with E-state index < -0.39 is 0 Å². The lowest BCUT2D eigenvalue weighted by molar-refractivity contribution is 0.0810. The highest BCUT2D eigenvalue weighted by atomic mass is 16.3. The van der Waals surface area contributed by atoms with E-state index in [1.54, 1.807) is 0 Å². The third kappa shape index (κ3) is 3.02. The Kier molecular flexibility index (Phi) is 4.03. The van der Waals surface area contributed by atoms with Gasteiger partial charge in [-0.2, -0.15) is 0 Å². The largest absolute Gasteiger partial charge is 0.393 e. The molecule has 2 aromatic rings. The molecule has 1 aliphatic heterocycles. The Hall–Kier alpha value is -1.39. The highest BCUT2D eigenvalue weighted by Crippen LogP contribution is 2.23. The predicted octanol–water partition coefficient (Wildman–Crippen LogP) is 2.46. The summed E-state index contributed by atoms with van der Waals surface area (Å²) in [6, 6.07) is 6.57. The molecular weight excluding hydrogens is 250 g/mol. The van der Waals surface area contributed by atoms with Crippen molar-refractivity contribution in [1.29, 1.82) is 0 Å². The number of hydrogen-bond donors (Lipinski definition) is 1. The normalized spacial score (nSPS) is 22.2. The highest BCUT2D eigenvalue weighted by Gasteiger charge is 2.24. The van der Waals surface area contributed by atoms with Crippen molar-refractivity contribution >= 4 is 5.65 Å². The van der Waals surface area contributed by atoms with Crippen LogP contribution < -0.4 is 0 Å². The van der Waals surface area contributed by atoms with E-state index in [9.17, 15) is 5.11 Å². The zero-order chi connectivity index (χ0) is 13.9. The third-order valence-corrected chi connectivity index (χ3v) is 4.14. The van der Waals surface area contributed by atoms with Gasteiger partial charge < -0.3 is 9.51 Å². The maximum atomic E-state index is 9.66. The van der Waals surface area contributed by atoms with Gasteiger partial charge in [-0.25, -0.2) is 4.98 Å². The van der Waals surface area contributed by atoms with Gasteiger partial charge in [0.05, 0.1) is 11.8 Å². The number of fused-ring (bicyclic) bond motifs is 1. The molecule has 0 radical (unpaired) electrons. The van der Waals surface area contributed by atoms with Crippen LogP contribution in [0.4, 0.5) is 0 Å². The molecule has 0 saturated carbocycles. The van der Waals surface area contributed by atoms with Crippen molar-refractivity contribution in [2.75, 3.05) is 6.54 Å². The van der Waals surface area contributed by atoms with Gasteiger partial charge in [0.2, 0.25) is 0 Å². The van der Waals surface area contributed by atoms with Crippen molar-refractivity contribution in [2.24, 2.45) is 0 Å². The molecule has 1 fully saturated rings. The number of rotatable bonds is 4. The molecule has 0 aliphatic carbocycles. The van der Waals surface area contributed by atoms with Gasteiger partial charge in [0.1, 0.15) is 5.65 Å². The van der Waals surface area contributed by atoms with Gasteiger partial charge in [0.25, 0.3) is 0 Å². The summed E-state index contributed by atoms with van der Waals surface area (Å²) in [4.78, 5) is 7.16. The average Bonchev–Trinajstić information content (AvgIpc) is 2.82. The van der Waals surface area contributed by atoms with Crippen molar-refractivity contribution < 1.29 is 5.11 Å². The van der Waals surface area contributed by atoms with Crippen LogP contribution in [0.25, 0.3) is 5.65 Å². The molecule has 0 amide bonds. The van der Waals surface area contributed by atoms with Crippen molar-refractivity contribution in [3.8, 4) is 0 Å². The Morgan fingerprint density at radius 1 is 1.40 bits per heavy atom. The van der Waals surface area contributed by atoms with Crippen LogP contribution in [0.5, 0.6) is 0 Å². The summed E-state index contributed by atoms with van der Waals surface area (Å²) in [6.45, 7) is 3.89. The number of nitrogens with zero attached hydrogens (tertiary/aromatic N) is 3. The maximum absolute atomic E-state index is 9.66. The predicted molar refractivity (Wildman–Crippen MR) is 79.5 cm³/mol. The van der Waals surface area contributed by atoms with Crippen LogP contribution >= 0.6 is 0 Å². The molecule has 1 aliphatic rings. The molecule has 0 bridgehead atoms. The van der Waals surface area contributed by atoms with E-state index in [-0.39, 0.29) is 6.10 Å². The number of aliphatic hydroxyl groups is 1. The standard InChI is InChI=1S/C16H23N3O/c1-13(20)10-15-6-2-4-8-18(15)11-14-12-19-9-5-3-7-16(19)17-14/h3,5,7,9,12-13,15,20H,2,4,6,8,10-11H2,1H3. The molecule has 4 nitrogen and oxygen atoms in total. The van der Waals surface area contributed by atoms with Crippen molar-refractivity contribution in [2.45, 2.75) is 51.3 Å². The molecule has 3 rings (SSSR count). The molecule has 20 heavy (non-hydrogen) atoms. The molecule has 2 aromatic heterocycles. The summed E-state index contributed by atoms with van der Waals surface area (Å²) in [7, 11) is 0. The number of hydrogen-bond acceptors (Lipinski definition) is 3. The molecule has 1 saturated heterocycles. The van der Waals surface area contributed by atoms with E-state index in [0.29, 0.717) is 6.04 Å². The third-order valence-electron chi connectivity index (χ3n) is 4.14. The Bertz CT molecular complexity index is 531. The monoisotopic (exact) mass is 273 g/mol. The van der Waals surface area contributed by atoms with Gasteiger partial charge in [-0.15, -0.1) is 0 Å². The number of likely N-dealkylation sites (tertiary alicyclic amines) is 1. The van der Waals surface area contributed by atoms with Gasteiger partial charge in [0.15, 0.2) is 0 Å². The smallest absolute Gasteiger partial charge is 0.137 e. The van der Waals surface area contributed by atoms with Crippen LogP contribution in [0.2, 0.25) is 0 Å². The summed E-state index contributed by atoms with van der Waals surface area (Å²) in [6.07, 6.45) is 8.52. The highest BCUT2D eigenvalue weighted by molar-refractivity contribution is 5.39. The minimum atomic E-state index is -0.221. The summed E-state index contributed by atoms with van der Waals surface area (Å²) < 4.78 is 2.07. The van der Waals surface area contributed by atoms with Crippen molar-refractivity contribution in [3.63, 3.8) is 0 Å². The Labute approximate surface area is 120 Å². The molecule has 4 heteroatoms. The van der Waals surface area contributed by atoms with E-state index in [1.165, 1.54) is 19.3 Å². The first-order chi connectivity index (χ1) is 9.72. The van der Waals surface area contributed by atoms with Crippen LogP contribution in [-0.2, 0) is 6.54 Å². The van der Waals surface area contributed by atoms with Gasteiger partial charge in [-0.1, -0.05) is 12.5 Å². The van der Waals surface area contributed by atoms with Crippen LogP contribution in [0.15, 0.2) is 30.6 Å². The average molecular weight is 273 g/mol. The first kappa shape index (κ1) is 13.6. The van der Waals surface area contributed by atoms with E-state index in [4.69, 9.17) is 0 Å². The van der Waals surface area contributed by atoms with Crippen LogP contribution in [-0.4, -0.2) is 38.1 Å². The summed E-state index contributed by atoms with van der Waals surface area (Å²) in [5.41, 5.74) is 2.13. The fourth-order valence-corrected chi connectivity index (χ4v) is 3.20. The first-order valence-electron chi connectivity index (χ1n) is 7.57. The zero-order valence-electron chi connectivity index (χ0n) is 12.1. The number of aliphatic hydroxyl groups excluding tert-OH is 1. The maximum Gasteiger partial charge on any atom is 0.137 e. The van der Waals surface area contributed by atoms with E-state index in [0.717, 1.165) is 30.9 Å². The Balaban J connectivity index is 1.74. The Morgan fingerprint density at radius 2 is 2.30 bits per heavy atom. The van der Waals surface area contributed by atoms with Crippen LogP contribution in [0.1, 0.15) is 38.3 Å². The number of pyridine rings is 1. The fourth-order valence-electron chi connectivity index (χ4n) is 3.20. The van der Waals surface area contributed by atoms with Crippen LogP contribution in [0, 0.1) is 0 Å². The van der Waals surface area contributed by atoms with Gasteiger partial charge in [0, 0.05) is 25.0 Å². The quantitative estimate of drug-likeness (QED) is 0.930. The molecule has 2 atom stereocenters. The van der Waals surface area contributed by atoms with Gasteiger partial charge in [-0.3, -0.25) is 4.90 Å². The van der Waals surface area contributed by atoms with Gasteiger partial charge in [-0.05, 0) is 44.9 Å². The molecular formula is C16H23N3O. The minimum absolute atomic E-state index is 0.221. The number of piperidine rings is 1. The second-order valence-corrected chi connectivity index (χ2v) is 5.90. The second-order valence-electron chi connectivity index (χ2n) is 5.90. The summed E-state index contributed by atoms with van der Waals surface area (Å²) >= 11 is 0. The minimum Gasteiger partial charge on any atom is -0.393 e. The second kappa shape index (κ2) is 5.94. The van der Waals surface area contributed by atoms with E-state index >= 15 is 0 Å². The summed E-state index contributed by atoms with van der Waals surface area (Å²) in [5.74, 6) is 0. The molecule has 1 N–H and O–H groups in total. The molecule has 3 heterocycles. The van der Waals surface area contributed by atoms with Crippen LogP contribution in [0.3, 0.4) is 0 Å². The lowest BCUT2D eigenvalue weighted by Crippen LogP contribution is -2.40. The SMILES string of the molecule is CC(O)CC1CCCCN1Cc1cn2ccccc2n1. The Morgan fingerprint density at radius 3 is 3.10 bits per heavy atom. The van der Waals surface area contributed by atoms with E-state index in [1.807, 2.05) is 31.3 Å². The first-order valence-corrected chi connectivity index (χ1v) is 7.57. The fraction of sp³-hybridized carbons (Fsp3) is 0.562. The van der Waals surface area contributed by atoms with Crippen molar-refractivity contribution in [1.82, 2.24) is 14.3 Å². The topological polar surface area (TPSA) is 40.8 Å². The number of imidazole rings is 1. The van der Waals surface area contributed by atoms with E-state index in [2.05, 4.69) is 20.5 Å². The summed E-state index contributed by atoms with van der Waals surface area (Å²) in [5, 5.41) is 9.66. The lowest BCUT2D eigenvalue weighted by atomic mass is 9.97.